The minimum atomic E-state index is -2.00. The predicted molar refractivity (Wildman–Crippen MR) is 108 cm³/mol. The Morgan fingerprint density at radius 2 is 1.41 bits per heavy atom. The van der Waals surface area contributed by atoms with Crippen molar-refractivity contribution in [2.45, 2.75) is 38.2 Å². The second kappa shape index (κ2) is 6.51. The van der Waals surface area contributed by atoms with Crippen LogP contribution in [0.25, 0.3) is 11.1 Å². The first-order valence-electron chi connectivity index (χ1n) is 8.44. The summed E-state index contributed by atoms with van der Waals surface area (Å²) in [5, 5.41) is 0.834. The number of carbonyl (C=O) groups excluding carboxylic acids is 2. The van der Waals surface area contributed by atoms with E-state index in [1.54, 1.807) is 58.0 Å². The molecule has 1 fully saturated rings. The molecule has 3 rings (SSSR count). The maximum absolute atomic E-state index is 13.3. The normalized spacial score (nSPS) is 23.8. The molecule has 1 unspecified atom stereocenters. The third-order valence-electron chi connectivity index (χ3n) is 5.53. The van der Waals surface area contributed by atoms with Gasteiger partial charge in [0.1, 0.15) is 5.60 Å². The summed E-state index contributed by atoms with van der Waals surface area (Å²) in [5.74, 6) is -1.25. The molecule has 2 aromatic rings. The van der Waals surface area contributed by atoms with Crippen molar-refractivity contribution in [1.29, 1.82) is 0 Å². The molecular formula is C21H19Cl3O3. The number of cyclic esters (lactones) is 1. The predicted octanol–water partition coefficient (Wildman–Crippen LogP) is 6.03. The van der Waals surface area contributed by atoms with E-state index >= 15 is 0 Å². The Morgan fingerprint density at radius 1 is 0.852 bits per heavy atom. The molecule has 142 valence electrons. The number of benzene rings is 2. The van der Waals surface area contributed by atoms with Crippen LogP contribution in [0.5, 0.6) is 0 Å². The van der Waals surface area contributed by atoms with Gasteiger partial charge in [-0.3, -0.25) is 4.79 Å². The molecule has 2 aromatic carbocycles. The first-order chi connectivity index (χ1) is 12.4. The van der Waals surface area contributed by atoms with Gasteiger partial charge in [0.2, 0.25) is 4.87 Å². The highest BCUT2D eigenvalue weighted by atomic mass is 35.5. The van der Waals surface area contributed by atoms with E-state index in [0.717, 1.165) is 11.1 Å². The number of alkyl halides is 1. The van der Waals surface area contributed by atoms with E-state index in [9.17, 15) is 9.59 Å². The van der Waals surface area contributed by atoms with Gasteiger partial charge in [0.15, 0.2) is 5.78 Å². The molecule has 0 N–H and O–H groups in total. The van der Waals surface area contributed by atoms with Gasteiger partial charge in [-0.25, -0.2) is 4.79 Å². The average Bonchev–Trinajstić information content (AvgIpc) is 2.60. The molecule has 1 saturated heterocycles. The Kier molecular flexibility index (Phi) is 4.87. The molecule has 0 bridgehead atoms. The third-order valence-corrected chi connectivity index (χ3v) is 6.64. The number of Topliss-reactive ketones (excluding diaryl/α,β-unsaturated/α-hetero) is 1. The number of rotatable bonds is 2. The Morgan fingerprint density at radius 3 is 2.00 bits per heavy atom. The minimum Gasteiger partial charge on any atom is -0.457 e. The second-order valence-electron chi connectivity index (χ2n) is 7.71. The van der Waals surface area contributed by atoms with Crippen LogP contribution in [-0.4, -0.2) is 17.4 Å². The fourth-order valence-corrected chi connectivity index (χ4v) is 3.93. The van der Waals surface area contributed by atoms with Gasteiger partial charge in [-0.15, -0.1) is 0 Å². The summed E-state index contributed by atoms with van der Waals surface area (Å²) < 4.78 is 5.58. The maximum Gasteiger partial charge on any atom is 0.340 e. The molecule has 1 aliphatic rings. The zero-order valence-corrected chi connectivity index (χ0v) is 17.7. The molecule has 1 aliphatic heterocycles. The first kappa shape index (κ1) is 20.2. The molecule has 3 nitrogen and oxygen atoms in total. The summed E-state index contributed by atoms with van der Waals surface area (Å²) in [4.78, 5) is 24.2. The number of ketones is 1. The molecule has 6 heteroatoms. The minimum absolute atomic E-state index is 0.219. The number of carbonyl (C=O) groups is 2. The largest absolute Gasteiger partial charge is 0.457 e. The van der Waals surface area contributed by atoms with E-state index in [-0.39, 0.29) is 10.6 Å². The summed E-state index contributed by atoms with van der Waals surface area (Å²) in [7, 11) is 0. The lowest BCUT2D eigenvalue weighted by Gasteiger charge is -2.48. The van der Waals surface area contributed by atoms with Crippen LogP contribution < -0.4 is 0 Å². The van der Waals surface area contributed by atoms with Crippen LogP contribution in [0.1, 0.15) is 33.3 Å². The van der Waals surface area contributed by atoms with Crippen molar-refractivity contribution >= 4 is 46.6 Å². The van der Waals surface area contributed by atoms with Crippen LogP contribution in [-0.2, 0) is 19.2 Å². The van der Waals surface area contributed by atoms with Gasteiger partial charge in [-0.2, -0.15) is 0 Å². The fraction of sp³-hybridized carbons (Fsp3) is 0.333. The molecule has 0 amide bonds. The number of ether oxygens (including phenoxy) is 1. The third kappa shape index (κ3) is 3.06. The molecule has 1 heterocycles. The van der Waals surface area contributed by atoms with Crippen LogP contribution in [0.4, 0.5) is 0 Å². The summed E-state index contributed by atoms with van der Waals surface area (Å²) in [5.41, 5.74) is -0.151. The summed E-state index contributed by atoms with van der Waals surface area (Å²) in [6, 6.07) is 12.3. The highest BCUT2D eigenvalue weighted by Gasteiger charge is 2.64. The van der Waals surface area contributed by atoms with Crippen molar-refractivity contribution in [1.82, 2.24) is 0 Å². The zero-order chi connectivity index (χ0) is 20.2. The second-order valence-corrected chi connectivity index (χ2v) is 9.12. The van der Waals surface area contributed by atoms with Crippen molar-refractivity contribution < 1.29 is 14.3 Å². The molecule has 27 heavy (non-hydrogen) atoms. The van der Waals surface area contributed by atoms with Crippen LogP contribution in [0.15, 0.2) is 42.5 Å². The lowest BCUT2D eigenvalue weighted by Crippen LogP contribution is -2.62. The van der Waals surface area contributed by atoms with E-state index in [2.05, 4.69) is 0 Å². The number of hydrogen-bond donors (Lipinski definition) is 0. The molecule has 0 aromatic heterocycles. The Balaban J connectivity index is 2.17. The van der Waals surface area contributed by atoms with Gasteiger partial charge >= 0.3 is 5.97 Å². The zero-order valence-electron chi connectivity index (χ0n) is 15.4. The van der Waals surface area contributed by atoms with Crippen LogP contribution >= 0.6 is 34.8 Å². The first-order valence-corrected chi connectivity index (χ1v) is 9.58. The Labute approximate surface area is 173 Å². The number of halogens is 3. The van der Waals surface area contributed by atoms with Crippen LogP contribution in [0, 0.1) is 5.41 Å². The van der Waals surface area contributed by atoms with Gasteiger partial charge in [-0.1, -0.05) is 53.0 Å². The maximum atomic E-state index is 13.3. The summed E-state index contributed by atoms with van der Waals surface area (Å²) in [6.07, 6.45) is 0. The van der Waals surface area contributed by atoms with Crippen LogP contribution in [0.3, 0.4) is 0 Å². The van der Waals surface area contributed by atoms with Crippen molar-refractivity contribution in [2.75, 3.05) is 0 Å². The van der Waals surface area contributed by atoms with Crippen molar-refractivity contribution in [3.8, 4) is 11.1 Å². The molecule has 1 atom stereocenters. The van der Waals surface area contributed by atoms with Gasteiger partial charge in [-0.05, 0) is 63.1 Å². The topological polar surface area (TPSA) is 43.4 Å². The monoisotopic (exact) mass is 424 g/mol. The molecule has 0 aliphatic carbocycles. The Hall–Kier alpha value is -1.55. The standard InChI is InChI=1S/C21H19Cl3O3/c1-19(2)17(25)21(24,18(26)27-20(19,3)4)15-11-13(7-10-16(15)23)12-5-8-14(22)9-6-12/h5-11H,1-4H3. The molecule has 0 saturated carbocycles. The fourth-order valence-electron chi connectivity index (χ4n) is 3.07. The average molecular weight is 426 g/mol. The Bertz CT molecular complexity index is 932. The lowest BCUT2D eigenvalue weighted by atomic mass is 9.66. The quantitative estimate of drug-likeness (QED) is 0.335. The smallest absolute Gasteiger partial charge is 0.340 e. The van der Waals surface area contributed by atoms with E-state index in [1.165, 1.54) is 0 Å². The van der Waals surface area contributed by atoms with Gasteiger partial charge in [0, 0.05) is 15.6 Å². The number of hydrogen-bond acceptors (Lipinski definition) is 3. The molecule has 0 spiro atoms. The van der Waals surface area contributed by atoms with E-state index in [4.69, 9.17) is 39.5 Å². The van der Waals surface area contributed by atoms with Gasteiger partial charge in [0.05, 0.1) is 5.41 Å². The molecule has 0 radical (unpaired) electrons. The summed E-state index contributed by atoms with van der Waals surface area (Å²) in [6.45, 7) is 6.84. The highest BCUT2D eigenvalue weighted by molar-refractivity contribution is 6.48. The van der Waals surface area contributed by atoms with E-state index in [0.29, 0.717) is 5.02 Å². The molecular weight excluding hydrogens is 407 g/mol. The van der Waals surface area contributed by atoms with Gasteiger partial charge < -0.3 is 4.74 Å². The van der Waals surface area contributed by atoms with E-state index < -0.39 is 27.6 Å². The van der Waals surface area contributed by atoms with Crippen molar-refractivity contribution in [3.63, 3.8) is 0 Å². The van der Waals surface area contributed by atoms with Crippen molar-refractivity contribution in [2.24, 2.45) is 5.41 Å². The number of esters is 1. The van der Waals surface area contributed by atoms with Crippen LogP contribution in [0.2, 0.25) is 10.0 Å². The summed E-state index contributed by atoms with van der Waals surface area (Å²) >= 11 is 19.0. The van der Waals surface area contributed by atoms with Crippen molar-refractivity contribution in [3.05, 3.63) is 58.1 Å². The SMILES string of the molecule is CC1(C)OC(=O)C(Cl)(c2cc(-c3ccc(Cl)cc3)ccc2Cl)C(=O)C1(C)C. The van der Waals surface area contributed by atoms with E-state index in [1.807, 2.05) is 12.1 Å². The van der Waals surface area contributed by atoms with Gasteiger partial charge in [0.25, 0.3) is 0 Å². The lowest BCUT2D eigenvalue weighted by molar-refractivity contribution is -0.189. The highest BCUT2D eigenvalue weighted by Crippen LogP contribution is 2.51.